The monoisotopic (exact) mass is 448 g/mol. The first kappa shape index (κ1) is 22.3. The minimum atomic E-state index is -1.33. The fraction of sp³-hybridized carbons (Fsp3) is 0.350. The van der Waals surface area contributed by atoms with Crippen molar-refractivity contribution < 1.29 is 38.6 Å². The van der Waals surface area contributed by atoms with Crippen molar-refractivity contribution in [1.29, 1.82) is 0 Å². The van der Waals surface area contributed by atoms with Crippen LogP contribution < -0.4 is 5.32 Å². The predicted molar refractivity (Wildman–Crippen MR) is 107 cm³/mol. The van der Waals surface area contributed by atoms with Crippen molar-refractivity contribution in [2.24, 2.45) is 0 Å². The van der Waals surface area contributed by atoms with Crippen LogP contribution >= 0.6 is 11.8 Å². The van der Waals surface area contributed by atoms with E-state index >= 15 is 0 Å². The molecular formula is C20H20N2O8S. The maximum atomic E-state index is 12.8. The van der Waals surface area contributed by atoms with Crippen LogP contribution in [0.1, 0.15) is 25.5 Å². The summed E-state index contributed by atoms with van der Waals surface area (Å²) >= 11 is 1.24. The third-order valence-corrected chi connectivity index (χ3v) is 5.96. The van der Waals surface area contributed by atoms with E-state index in [1.165, 1.54) is 25.6 Å². The second-order valence-electron chi connectivity index (χ2n) is 6.83. The second-order valence-corrected chi connectivity index (χ2v) is 7.94. The summed E-state index contributed by atoms with van der Waals surface area (Å²) in [4.78, 5) is 60.8. The maximum absolute atomic E-state index is 12.8. The van der Waals surface area contributed by atoms with Crippen LogP contribution in [-0.4, -0.2) is 63.5 Å². The first-order chi connectivity index (χ1) is 14.7. The zero-order valence-corrected chi connectivity index (χ0v) is 17.5. The number of carbonyl (C=O) groups excluding carboxylic acids is 4. The van der Waals surface area contributed by atoms with Gasteiger partial charge in [0.25, 0.3) is 11.8 Å². The van der Waals surface area contributed by atoms with Crippen LogP contribution in [0.15, 0.2) is 41.6 Å². The zero-order valence-electron chi connectivity index (χ0n) is 16.7. The molecule has 2 heterocycles. The SMILES string of the molecule is CC(=O)OCC1=C(C(=O)O)N2C(=O)C(NC(=O)C(OC(C)=O)c3ccccc3)C2SC1. The molecule has 3 unspecified atom stereocenters. The first-order valence-electron chi connectivity index (χ1n) is 9.26. The lowest BCUT2D eigenvalue weighted by Crippen LogP contribution is -2.71. The molecule has 10 nitrogen and oxygen atoms in total. The molecule has 1 aromatic rings. The van der Waals surface area contributed by atoms with Crippen LogP contribution in [0.3, 0.4) is 0 Å². The highest BCUT2D eigenvalue weighted by atomic mass is 32.2. The standard InChI is InChI=1S/C20H20N2O8S/c1-10(23)29-8-13-9-31-19-14(18(26)22(19)15(13)20(27)28)21-17(25)16(30-11(2)24)12-6-4-3-5-7-12/h3-7,14,16,19H,8-9H2,1-2H3,(H,21,25)(H,27,28). The highest BCUT2D eigenvalue weighted by Gasteiger charge is 2.54. The molecule has 1 saturated heterocycles. The molecule has 3 rings (SSSR count). The molecule has 2 aliphatic heterocycles. The van der Waals surface area contributed by atoms with Crippen molar-refractivity contribution in [3.8, 4) is 0 Å². The summed E-state index contributed by atoms with van der Waals surface area (Å²) < 4.78 is 10.0. The van der Waals surface area contributed by atoms with Crippen LogP contribution in [0.2, 0.25) is 0 Å². The van der Waals surface area contributed by atoms with Gasteiger partial charge in [-0.05, 0) is 0 Å². The third-order valence-electron chi connectivity index (χ3n) is 4.62. The molecule has 0 spiro atoms. The number of ether oxygens (including phenoxy) is 2. The fourth-order valence-corrected chi connectivity index (χ4v) is 4.61. The average Bonchev–Trinajstić information content (AvgIpc) is 2.73. The molecule has 11 heteroatoms. The van der Waals surface area contributed by atoms with Crippen molar-refractivity contribution >= 4 is 41.5 Å². The number of rotatable bonds is 7. The Morgan fingerprint density at radius 1 is 1.19 bits per heavy atom. The van der Waals surface area contributed by atoms with E-state index in [-0.39, 0.29) is 18.1 Å². The molecule has 164 valence electrons. The van der Waals surface area contributed by atoms with E-state index in [1.54, 1.807) is 30.3 Å². The molecule has 1 aromatic carbocycles. The Labute approximate surface area is 181 Å². The Hall–Kier alpha value is -3.34. The number of hydrogen-bond acceptors (Lipinski definition) is 8. The number of thioether (sulfide) groups is 1. The molecule has 1 fully saturated rings. The number of β-lactam (4-membered cyclic amide) rings is 1. The van der Waals surface area contributed by atoms with E-state index in [2.05, 4.69) is 5.32 Å². The lowest BCUT2D eigenvalue weighted by molar-refractivity contribution is -0.157. The Morgan fingerprint density at radius 3 is 2.45 bits per heavy atom. The van der Waals surface area contributed by atoms with Crippen LogP contribution in [0.5, 0.6) is 0 Å². The van der Waals surface area contributed by atoms with Gasteiger partial charge in [0.2, 0.25) is 6.10 Å². The van der Waals surface area contributed by atoms with Gasteiger partial charge < -0.3 is 19.9 Å². The molecule has 31 heavy (non-hydrogen) atoms. The number of esters is 2. The number of aliphatic carboxylic acids is 1. The molecule has 0 aliphatic carbocycles. The summed E-state index contributed by atoms with van der Waals surface area (Å²) in [6.07, 6.45) is -1.25. The Balaban J connectivity index is 1.77. The second kappa shape index (κ2) is 9.21. The quantitative estimate of drug-likeness (QED) is 0.453. The van der Waals surface area contributed by atoms with Gasteiger partial charge in [0.05, 0.1) is 0 Å². The number of fused-ring (bicyclic) bond motifs is 1. The summed E-state index contributed by atoms with van der Waals surface area (Å²) in [5.41, 5.74) is 0.481. The molecule has 0 radical (unpaired) electrons. The van der Waals surface area contributed by atoms with Gasteiger partial charge in [0.1, 0.15) is 23.7 Å². The van der Waals surface area contributed by atoms with Gasteiger partial charge in [-0.25, -0.2) is 4.79 Å². The minimum Gasteiger partial charge on any atom is -0.477 e. The van der Waals surface area contributed by atoms with E-state index in [0.717, 1.165) is 4.90 Å². The zero-order chi connectivity index (χ0) is 22.7. The lowest BCUT2D eigenvalue weighted by Gasteiger charge is -2.49. The Morgan fingerprint density at radius 2 is 1.87 bits per heavy atom. The molecule has 0 aromatic heterocycles. The van der Waals surface area contributed by atoms with Crippen LogP contribution in [0.25, 0.3) is 0 Å². The van der Waals surface area contributed by atoms with Gasteiger partial charge in [0.15, 0.2) is 0 Å². The van der Waals surface area contributed by atoms with Gasteiger partial charge in [0, 0.05) is 30.7 Å². The number of nitrogens with one attached hydrogen (secondary N) is 1. The van der Waals surface area contributed by atoms with Crippen molar-refractivity contribution in [3.05, 3.63) is 47.2 Å². The summed E-state index contributed by atoms with van der Waals surface area (Å²) in [6.45, 7) is 2.14. The van der Waals surface area contributed by atoms with E-state index in [9.17, 15) is 29.1 Å². The molecule has 3 atom stereocenters. The Bertz CT molecular complexity index is 961. The predicted octanol–water partition coefficient (Wildman–Crippen LogP) is 0.593. The van der Waals surface area contributed by atoms with Crippen LogP contribution in [-0.2, 0) is 33.4 Å². The number of carbonyl (C=O) groups is 5. The molecular weight excluding hydrogens is 428 g/mol. The van der Waals surface area contributed by atoms with E-state index in [1.807, 2.05) is 0 Å². The average molecular weight is 448 g/mol. The number of hydrogen-bond donors (Lipinski definition) is 2. The Kier molecular flexibility index (Phi) is 6.64. The summed E-state index contributed by atoms with van der Waals surface area (Å²) in [5, 5.41) is 11.5. The number of amides is 2. The van der Waals surface area contributed by atoms with E-state index in [0.29, 0.717) is 11.1 Å². The molecule has 2 N–H and O–H groups in total. The summed E-state index contributed by atoms with van der Waals surface area (Å²) in [7, 11) is 0. The molecule has 2 aliphatic rings. The van der Waals surface area contributed by atoms with Gasteiger partial charge in [-0.3, -0.25) is 24.1 Å². The molecule has 0 saturated carbocycles. The van der Waals surface area contributed by atoms with Gasteiger partial charge in [-0.15, -0.1) is 11.8 Å². The van der Waals surface area contributed by atoms with Crippen molar-refractivity contribution in [1.82, 2.24) is 10.2 Å². The van der Waals surface area contributed by atoms with Gasteiger partial charge in [-0.1, -0.05) is 30.3 Å². The molecule has 2 amide bonds. The van der Waals surface area contributed by atoms with E-state index in [4.69, 9.17) is 9.47 Å². The topological polar surface area (TPSA) is 139 Å². The normalized spacial score (nSPS) is 20.8. The van der Waals surface area contributed by atoms with Crippen molar-refractivity contribution in [2.75, 3.05) is 12.4 Å². The molecule has 0 bridgehead atoms. The fourth-order valence-electron chi connectivity index (χ4n) is 3.28. The highest BCUT2D eigenvalue weighted by Crippen LogP contribution is 2.40. The van der Waals surface area contributed by atoms with Crippen molar-refractivity contribution in [3.63, 3.8) is 0 Å². The van der Waals surface area contributed by atoms with E-state index < -0.39 is 47.2 Å². The van der Waals surface area contributed by atoms with Crippen LogP contribution in [0.4, 0.5) is 0 Å². The largest absolute Gasteiger partial charge is 0.477 e. The van der Waals surface area contributed by atoms with Crippen molar-refractivity contribution in [2.45, 2.75) is 31.4 Å². The summed E-state index contributed by atoms with van der Waals surface area (Å²) in [6, 6.07) is 7.35. The highest BCUT2D eigenvalue weighted by molar-refractivity contribution is 8.00. The van der Waals surface area contributed by atoms with Gasteiger partial charge >= 0.3 is 17.9 Å². The number of carboxylic acid groups (broad SMARTS) is 1. The smallest absolute Gasteiger partial charge is 0.352 e. The third kappa shape index (κ3) is 4.71. The first-order valence-corrected chi connectivity index (χ1v) is 10.3. The maximum Gasteiger partial charge on any atom is 0.352 e. The summed E-state index contributed by atoms with van der Waals surface area (Å²) in [5.74, 6) is -3.65. The number of nitrogens with zero attached hydrogens (tertiary/aromatic N) is 1. The van der Waals surface area contributed by atoms with Crippen LogP contribution in [0, 0.1) is 0 Å². The number of carboxylic acids is 1. The number of benzene rings is 1. The lowest BCUT2D eigenvalue weighted by atomic mass is 10.0. The minimum absolute atomic E-state index is 0.210. The van der Waals surface area contributed by atoms with Gasteiger partial charge in [-0.2, -0.15) is 0 Å².